The molecule has 1 amide bonds. The van der Waals surface area contributed by atoms with Crippen LogP contribution in [0.25, 0.3) is 0 Å². The highest BCUT2D eigenvalue weighted by atomic mass is 32.2. The molecule has 3 rings (SSSR count). The predicted octanol–water partition coefficient (Wildman–Crippen LogP) is 1.99. The second-order valence-corrected chi connectivity index (χ2v) is 7.74. The Kier molecular flexibility index (Phi) is 5.06. The van der Waals surface area contributed by atoms with Gasteiger partial charge in [0.1, 0.15) is 0 Å². The first-order valence-corrected chi connectivity index (χ1v) is 9.64. The summed E-state index contributed by atoms with van der Waals surface area (Å²) in [5.41, 5.74) is 2.94. The summed E-state index contributed by atoms with van der Waals surface area (Å²) in [6, 6.07) is 14.4. The van der Waals surface area contributed by atoms with Gasteiger partial charge >= 0.3 is 0 Å². The Labute approximate surface area is 147 Å². The minimum atomic E-state index is -3.62. The summed E-state index contributed by atoms with van der Waals surface area (Å²) >= 11 is 0. The van der Waals surface area contributed by atoms with Crippen molar-refractivity contribution in [1.82, 2.24) is 4.72 Å². The Morgan fingerprint density at radius 2 is 1.96 bits per heavy atom. The van der Waals surface area contributed by atoms with E-state index in [0.717, 1.165) is 13.0 Å². The second-order valence-electron chi connectivity index (χ2n) is 5.97. The van der Waals surface area contributed by atoms with E-state index < -0.39 is 10.0 Å². The highest BCUT2D eigenvalue weighted by Gasteiger charge is 2.19. The molecule has 25 heavy (non-hydrogen) atoms. The molecule has 0 saturated heterocycles. The van der Waals surface area contributed by atoms with Crippen molar-refractivity contribution in [2.45, 2.75) is 18.2 Å². The molecular formula is C18H21N3O3S. The Balaban J connectivity index is 1.62. The Morgan fingerprint density at radius 1 is 1.16 bits per heavy atom. The highest BCUT2D eigenvalue weighted by molar-refractivity contribution is 7.89. The van der Waals surface area contributed by atoms with E-state index in [1.165, 1.54) is 30.3 Å². The molecule has 2 aromatic rings. The van der Waals surface area contributed by atoms with E-state index in [1.54, 1.807) is 12.1 Å². The summed E-state index contributed by atoms with van der Waals surface area (Å²) in [5.74, 6) is -0.241. The van der Waals surface area contributed by atoms with Crippen LogP contribution in [0.5, 0.6) is 0 Å². The molecule has 2 N–H and O–H groups in total. The number of benzene rings is 2. The number of para-hydroxylation sites is 1. The van der Waals surface area contributed by atoms with Crippen LogP contribution in [0.15, 0.2) is 53.4 Å². The van der Waals surface area contributed by atoms with Gasteiger partial charge in [0.2, 0.25) is 15.9 Å². The Morgan fingerprint density at radius 3 is 2.76 bits per heavy atom. The molecule has 0 unspecified atom stereocenters. The summed E-state index contributed by atoms with van der Waals surface area (Å²) in [6.45, 7) is 3.22. The predicted molar refractivity (Wildman–Crippen MR) is 98.3 cm³/mol. The second kappa shape index (κ2) is 7.25. The third-order valence-corrected chi connectivity index (χ3v) is 5.58. The van der Waals surface area contributed by atoms with Crippen molar-refractivity contribution in [3.8, 4) is 0 Å². The van der Waals surface area contributed by atoms with E-state index in [9.17, 15) is 13.2 Å². The molecule has 0 aliphatic carbocycles. The fourth-order valence-corrected chi connectivity index (χ4v) is 4.05. The lowest BCUT2D eigenvalue weighted by atomic mass is 10.2. The zero-order chi connectivity index (χ0) is 17.9. The number of sulfonamides is 1. The Bertz CT molecular complexity index is 881. The van der Waals surface area contributed by atoms with Crippen molar-refractivity contribution in [2.75, 3.05) is 29.9 Å². The van der Waals surface area contributed by atoms with Crippen LogP contribution in [-0.2, 0) is 21.2 Å². The van der Waals surface area contributed by atoms with E-state index in [4.69, 9.17) is 0 Å². The van der Waals surface area contributed by atoms with Gasteiger partial charge in [-0.2, -0.15) is 0 Å². The zero-order valence-electron chi connectivity index (χ0n) is 14.0. The molecule has 0 fully saturated rings. The first-order chi connectivity index (χ1) is 12.0. The first kappa shape index (κ1) is 17.4. The maximum absolute atomic E-state index is 12.4. The molecule has 0 atom stereocenters. The summed E-state index contributed by atoms with van der Waals surface area (Å²) in [7, 11) is -3.62. The van der Waals surface area contributed by atoms with Gasteiger partial charge in [-0.25, -0.2) is 13.1 Å². The van der Waals surface area contributed by atoms with Gasteiger partial charge in [-0.15, -0.1) is 0 Å². The smallest absolute Gasteiger partial charge is 0.240 e. The van der Waals surface area contributed by atoms with Crippen molar-refractivity contribution in [2.24, 2.45) is 0 Å². The summed E-state index contributed by atoms with van der Waals surface area (Å²) in [6.07, 6.45) is 0.988. The van der Waals surface area contributed by atoms with E-state index in [2.05, 4.69) is 27.1 Å². The maximum atomic E-state index is 12.4. The molecule has 1 heterocycles. The van der Waals surface area contributed by atoms with Gasteiger partial charge in [0, 0.05) is 37.9 Å². The van der Waals surface area contributed by atoms with Crippen LogP contribution in [0.2, 0.25) is 0 Å². The molecular weight excluding hydrogens is 338 g/mol. The standard InChI is InChI=1S/C18H21N3O3S/c1-14(22)20-16-6-4-7-17(13-16)25(23,24)19-10-12-21-11-9-15-5-2-3-8-18(15)21/h2-8,13,19H,9-12H2,1H3,(H,20,22). The molecule has 2 aromatic carbocycles. The molecule has 1 aliphatic rings. The van der Waals surface area contributed by atoms with Crippen molar-refractivity contribution < 1.29 is 13.2 Å². The third kappa shape index (κ3) is 4.18. The summed E-state index contributed by atoms with van der Waals surface area (Å²) in [4.78, 5) is 13.4. The number of anilines is 2. The van der Waals surface area contributed by atoms with Crippen LogP contribution in [-0.4, -0.2) is 34.0 Å². The van der Waals surface area contributed by atoms with Crippen LogP contribution in [0, 0.1) is 0 Å². The number of rotatable bonds is 6. The van der Waals surface area contributed by atoms with Gasteiger partial charge in [0.15, 0.2) is 0 Å². The number of hydrogen-bond acceptors (Lipinski definition) is 4. The van der Waals surface area contributed by atoms with Crippen molar-refractivity contribution in [3.63, 3.8) is 0 Å². The number of fused-ring (bicyclic) bond motifs is 1. The normalized spacial score (nSPS) is 13.6. The van der Waals surface area contributed by atoms with Crippen molar-refractivity contribution in [1.29, 1.82) is 0 Å². The van der Waals surface area contributed by atoms with Gasteiger partial charge in [-0.05, 0) is 36.2 Å². The van der Waals surface area contributed by atoms with Crippen LogP contribution >= 0.6 is 0 Å². The van der Waals surface area contributed by atoms with E-state index in [1.807, 2.05) is 12.1 Å². The fraction of sp³-hybridized carbons (Fsp3) is 0.278. The largest absolute Gasteiger partial charge is 0.370 e. The molecule has 7 heteroatoms. The van der Waals surface area contributed by atoms with Gasteiger partial charge in [0.05, 0.1) is 4.90 Å². The van der Waals surface area contributed by atoms with Crippen LogP contribution < -0.4 is 14.9 Å². The molecule has 132 valence electrons. The van der Waals surface area contributed by atoms with Crippen LogP contribution in [0.1, 0.15) is 12.5 Å². The Hall–Kier alpha value is -2.38. The monoisotopic (exact) mass is 359 g/mol. The number of amides is 1. The molecule has 0 saturated carbocycles. The fourth-order valence-electron chi connectivity index (χ4n) is 2.98. The topological polar surface area (TPSA) is 78.5 Å². The maximum Gasteiger partial charge on any atom is 0.240 e. The SMILES string of the molecule is CC(=O)Nc1cccc(S(=O)(=O)NCCN2CCc3ccccc32)c1. The van der Waals surface area contributed by atoms with Gasteiger partial charge in [-0.3, -0.25) is 4.79 Å². The molecule has 0 spiro atoms. The minimum absolute atomic E-state index is 0.139. The van der Waals surface area contributed by atoms with E-state index in [-0.39, 0.29) is 10.8 Å². The molecule has 0 aromatic heterocycles. The highest BCUT2D eigenvalue weighted by Crippen LogP contribution is 2.26. The number of nitrogens with zero attached hydrogens (tertiary/aromatic N) is 1. The van der Waals surface area contributed by atoms with E-state index in [0.29, 0.717) is 18.8 Å². The number of hydrogen-bond donors (Lipinski definition) is 2. The minimum Gasteiger partial charge on any atom is -0.370 e. The van der Waals surface area contributed by atoms with Crippen molar-refractivity contribution >= 4 is 27.3 Å². The third-order valence-electron chi connectivity index (χ3n) is 4.12. The molecule has 6 nitrogen and oxygen atoms in total. The molecule has 0 radical (unpaired) electrons. The van der Waals surface area contributed by atoms with Crippen molar-refractivity contribution in [3.05, 3.63) is 54.1 Å². The summed E-state index contributed by atoms with van der Waals surface area (Å²) in [5, 5.41) is 2.59. The quantitative estimate of drug-likeness (QED) is 0.827. The lowest BCUT2D eigenvalue weighted by Gasteiger charge is -2.19. The molecule has 1 aliphatic heterocycles. The van der Waals surface area contributed by atoms with Gasteiger partial charge in [-0.1, -0.05) is 24.3 Å². The lowest BCUT2D eigenvalue weighted by Crippen LogP contribution is -2.34. The van der Waals surface area contributed by atoms with E-state index >= 15 is 0 Å². The number of carbonyl (C=O) groups is 1. The zero-order valence-corrected chi connectivity index (χ0v) is 14.8. The number of carbonyl (C=O) groups excluding carboxylic acids is 1. The van der Waals surface area contributed by atoms with Crippen LogP contribution in [0.3, 0.4) is 0 Å². The first-order valence-electron chi connectivity index (χ1n) is 8.16. The average molecular weight is 359 g/mol. The average Bonchev–Trinajstić information content (AvgIpc) is 2.98. The van der Waals surface area contributed by atoms with Gasteiger partial charge < -0.3 is 10.2 Å². The molecule has 0 bridgehead atoms. The lowest BCUT2D eigenvalue weighted by molar-refractivity contribution is -0.114. The number of nitrogens with one attached hydrogen (secondary N) is 2. The van der Waals surface area contributed by atoms with Crippen LogP contribution in [0.4, 0.5) is 11.4 Å². The summed E-state index contributed by atoms with van der Waals surface area (Å²) < 4.78 is 27.5. The van der Waals surface area contributed by atoms with Gasteiger partial charge in [0.25, 0.3) is 0 Å².